The zero-order chi connectivity index (χ0) is 13.2. The van der Waals surface area contributed by atoms with Gasteiger partial charge in [0.2, 0.25) is 0 Å². The van der Waals surface area contributed by atoms with E-state index in [-0.39, 0.29) is 10.7 Å². The average molecular weight is 256 g/mol. The number of hydrogen-bond donors (Lipinski definition) is 1. The van der Waals surface area contributed by atoms with Crippen molar-refractivity contribution in [1.82, 2.24) is 4.98 Å². The fraction of sp³-hybridized carbons (Fsp3) is 0.400. The van der Waals surface area contributed by atoms with Crippen molar-refractivity contribution in [3.63, 3.8) is 0 Å². The van der Waals surface area contributed by atoms with Crippen LogP contribution in [0.2, 0.25) is 0 Å². The maximum absolute atomic E-state index is 11.0. The molecule has 0 fully saturated rings. The molecule has 7 heteroatoms. The summed E-state index contributed by atoms with van der Waals surface area (Å²) in [5.41, 5.74) is 0.439. The first-order chi connectivity index (χ1) is 7.74. The Morgan fingerprint density at radius 3 is 2.59 bits per heavy atom. The first-order valence-corrected chi connectivity index (χ1v) is 5.60. The molecule has 0 unspecified atom stereocenters. The Morgan fingerprint density at radius 2 is 2.12 bits per heavy atom. The number of carbonyl (C=O) groups is 1. The number of carboxylic acids is 1. The Balaban J connectivity index is 3.17. The van der Waals surface area contributed by atoms with E-state index < -0.39 is 15.6 Å². The third-order valence-corrected chi connectivity index (χ3v) is 3.22. The molecule has 0 atom stereocenters. The summed E-state index contributed by atoms with van der Waals surface area (Å²) in [7, 11) is 0. The molecule has 0 aliphatic rings. The zero-order valence-corrected chi connectivity index (χ0v) is 10.4. The number of thioether (sulfide) groups is 1. The van der Waals surface area contributed by atoms with E-state index in [0.29, 0.717) is 5.69 Å². The highest BCUT2D eigenvalue weighted by molar-refractivity contribution is 8.01. The van der Waals surface area contributed by atoms with Crippen LogP contribution in [0.1, 0.15) is 19.5 Å². The lowest BCUT2D eigenvalue weighted by Crippen LogP contribution is -2.27. The molecule has 0 aromatic carbocycles. The summed E-state index contributed by atoms with van der Waals surface area (Å²) in [6, 6.07) is 2.86. The molecule has 1 N–H and O–H groups in total. The minimum atomic E-state index is -1.16. The van der Waals surface area contributed by atoms with Gasteiger partial charge in [-0.2, -0.15) is 0 Å². The number of pyridine rings is 1. The lowest BCUT2D eigenvalue weighted by Gasteiger charge is -2.17. The molecule has 1 heterocycles. The van der Waals surface area contributed by atoms with Gasteiger partial charge in [-0.05, 0) is 26.8 Å². The predicted molar refractivity (Wildman–Crippen MR) is 63.2 cm³/mol. The number of nitro groups is 1. The maximum atomic E-state index is 11.0. The van der Waals surface area contributed by atoms with Gasteiger partial charge < -0.3 is 5.11 Å². The molecule has 0 spiro atoms. The molecule has 0 aliphatic carbocycles. The summed E-state index contributed by atoms with van der Waals surface area (Å²) >= 11 is 0.871. The Hall–Kier alpha value is -1.63. The standard InChI is InChI=1S/C10H12N2O4S/c1-6-4-5-7(12(15)16)8(11-6)17-10(2,3)9(13)14/h4-5H,1-3H3,(H,13,14). The molecule has 0 saturated heterocycles. The summed E-state index contributed by atoms with van der Waals surface area (Å²) < 4.78 is -1.16. The van der Waals surface area contributed by atoms with Crippen LogP contribution in [0.15, 0.2) is 17.2 Å². The molecule has 0 amide bonds. The lowest BCUT2D eigenvalue weighted by atomic mass is 10.2. The molecular weight excluding hydrogens is 244 g/mol. The minimum absolute atomic E-state index is 0.127. The van der Waals surface area contributed by atoms with E-state index in [0.717, 1.165) is 11.8 Å². The number of rotatable bonds is 4. The number of hydrogen-bond acceptors (Lipinski definition) is 5. The summed E-state index contributed by atoms with van der Waals surface area (Å²) in [4.78, 5) is 25.2. The molecular formula is C10H12N2O4S. The number of nitrogens with zero attached hydrogens (tertiary/aromatic N) is 2. The van der Waals surface area contributed by atoms with Crippen molar-refractivity contribution in [3.05, 3.63) is 27.9 Å². The van der Waals surface area contributed by atoms with Crippen LogP contribution in [-0.2, 0) is 4.79 Å². The van der Waals surface area contributed by atoms with Crippen molar-refractivity contribution in [2.75, 3.05) is 0 Å². The fourth-order valence-electron chi connectivity index (χ4n) is 1.02. The first kappa shape index (κ1) is 13.4. The van der Waals surface area contributed by atoms with Crippen LogP contribution in [-0.4, -0.2) is 25.7 Å². The molecule has 0 saturated carbocycles. The van der Waals surface area contributed by atoms with E-state index in [4.69, 9.17) is 5.11 Å². The normalized spacial score (nSPS) is 11.2. The monoisotopic (exact) mass is 256 g/mol. The van der Waals surface area contributed by atoms with Crippen LogP contribution in [0.3, 0.4) is 0 Å². The van der Waals surface area contributed by atoms with Gasteiger partial charge in [0.25, 0.3) is 0 Å². The van der Waals surface area contributed by atoms with Gasteiger partial charge in [0.05, 0.1) is 4.92 Å². The SMILES string of the molecule is Cc1ccc([N+](=O)[O-])c(SC(C)(C)C(=O)O)n1. The van der Waals surface area contributed by atoms with Crippen LogP contribution in [0.5, 0.6) is 0 Å². The highest BCUT2D eigenvalue weighted by Gasteiger charge is 2.32. The zero-order valence-electron chi connectivity index (χ0n) is 9.63. The number of aryl methyl sites for hydroxylation is 1. The molecule has 6 nitrogen and oxygen atoms in total. The Kier molecular flexibility index (Phi) is 3.72. The lowest BCUT2D eigenvalue weighted by molar-refractivity contribution is -0.388. The maximum Gasteiger partial charge on any atom is 0.319 e. The Labute approximate surface area is 102 Å². The van der Waals surface area contributed by atoms with E-state index in [2.05, 4.69) is 4.98 Å². The summed E-state index contributed by atoms with van der Waals surface area (Å²) in [5, 5.41) is 19.9. The second-order valence-electron chi connectivity index (χ2n) is 3.95. The number of aliphatic carboxylic acids is 1. The van der Waals surface area contributed by atoms with E-state index in [1.165, 1.54) is 26.0 Å². The Bertz CT molecular complexity index is 473. The third kappa shape index (κ3) is 3.16. The second kappa shape index (κ2) is 4.70. The van der Waals surface area contributed by atoms with Gasteiger partial charge in [0, 0.05) is 11.8 Å². The molecule has 0 bridgehead atoms. The smallest absolute Gasteiger partial charge is 0.319 e. The highest BCUT2D eigenvalue weighted by atomic mass is 32.2. The van der Waals surface area contributed by atoms with Crippen molar-refractivity contribution in [3.8, 4) is 0 Å². The first-order valence-electron chi connectivity index (χ1n) is 4.78. The van der Waals surface area contributed by atoms with Gasteiger partial charge in [-0.15, -0.1) is 0 Å². The van der Waals surface area contributed by atoms with Crippen LogP contribution < -0.4 is 0 Å². The van der Waals surface area contributed by atoms with E-state index in [1.807, 2.05) is 0 Å². The Morgan fingerprint density at radius 1 is 1.53 bits per heavy atom. The molecule has 92 valence electrons. The van der Waals surface area contributed by atoms with Crippen LogP contribution in [0.25, 0.3) is 0 Å². The second-order valence-corrected chi connectivity index (χ2v) is 5.56. The van der Waals surface area contributed by atoms with Gasteiger partial charge in [0.1, 0.15) is 4.75 Å². The molecule has 0 radical (unpaired) electrons. The summed E-state index contributed by atoms with van der Waals surface area (Å²) in [6.45, 7) is 4.66. The summed E-state index contributed by atoms with van der Waals surface area (Å²) in [6.07, 6.45) is 0. The average Bonchev–Trinajstić information content (AvgIpc) is 2.15. The fourth-order valence-corrected chi connectivity index (χ4v) is 2.03. The van der Waals surface area contributed by atoms with Crippen LogP contribution in [0.4, 0.5) is 5.69 Å². The van der Waals surface area contributed by atoms with Crippen LogP contribution >= 0.6 is 11.8 Å². The molecule has 17 heavy (non-hydrogen) atoms. The molecule has 1 aromatic rings. The topological polar surface area (TPSA) is 93.3 Å². The largest absolute Gasteiger partial charge is 0.480 e. The van der Waals surface area contributed by atoms with Crippen molar-refractivity contribution in [1.29, 1.82) is 0 Å². The molecule has 1 aromatic heterocycles. The van der Waals surface area contributed by atoms with Crippen LogP contribution in [0, 0.1) is 17.0 Å². The predicted octanol–water partition coefficient (Wildman–Crippen LogP) is 2.25. The third-order valence-electron chi connectivity index (χ3n) is 2.04. The van der Waals surface area contributed by atoms with Gasteiger partial charge in [0.15, 0.2) is 5.03 Å². The van der Waals surface area contributed by atoms with Crippen molar-refractivity contribution >= 4 is 23.4 Å². The highest BCUT2D eigenvalue weighted by Crippen LogP contribution is 2.36. The molecule has 1 rings (SSSR count). The molecule has 0 aliphatic heterocycles. The van der Waals surface area contributed by atoms with E-state index in [1.54, 1.807) is 6.92 Å². The van der Waals surface area contributed by atoms with Gasteiger partial charge in [-0.25, -0.2) is 4.98 Å². The number of aromatic nitrogens is 1. The number of carboxylic acid groups (broad SMARTS) is 1. The quantitative estimate of drug-likeness (QED) is 0.504. The van der Waals surface area contributed by atoms with E-state index >= 15 is 0 Å². The van der Waals surface area contributed by atoms with Crippen molar-refractivity contribution < 1.29 is 14.8 Å². The van der Waals surface area contributed by atoms with Gasteiger partial charge in [-0.3, -0.25) is 14.9 Å². The van der Waals surface area contributed by atoms with Gasteiger partial charge in [-0.1, -0.05) is 11.8 Å². The van der Waals surface area contributed by atoms with Gasteiger partial charge >= 0.3 is 11.7 Å². The minimum Gasteiger partial charge on any atom is -0.480 e. The summed E-state index contributed by atoms with van der Waals surface area (Å²) in [5.74, 6) is -1.04. The van der Waals surface area contributed by atoms with Crippen molar-refractivity contribution in [2.24, 2.45) is 0 Å². The van der Waals surface area contributed by atoms with E-state index in [9.17, 15) is 14.9 Å². The van der Waals surface area contributed by atoms with Crippen molar-refractivity contribution in [2.45, 2.75) is 30.5 Å².